The minimum atomic E-state index is 0.670. The third kappa shape index (κ3) is 3.86. The number of para-hydroxylation sites is 2. The topological polar surface area (TPSA) is 40.2 Å². The van der Waals surface area contributed by atoms with E-state index in [9.17, 15) is 0 Å². The average Bonchev–Trinajstić information content (AvgIpc) is 3.32. The van der Waals surface area contributed by atoms with Gasteiger partial charge in [-0.25, -0.2) is 4.98 Å². The number of aryl methyl sites for hydroxylation is 2. The normalized spacial score (nSPS) is 11.2. The van der Waals surface area contributed by atoms with Gasteiger partial charge in [-0.15, -0.1) is 0 Å². The zero-order valence-electron chi connectivity index (χ0n) is 15.2. The van der Waals surface area contributed by atoms with E-state index in [4.69, 9.17) is 25.7 Å². The van der Waals surface area contributed by atoms with Gasteiger partial charge in [0, 0.05) is 11.6 Å². The van der Waals surface area contributed by atoms with E-state index in [2.05, 4.69) is 10.6 Å². The van der Waals surface area contributed by atoms with E-state index in [0.29, 0.717) is 6.61 Å². The van der Waals surface area contributed by atoms with E-state index >= 15 is 0 Å². The molecule has 0 unspecified atom stereocenters. The zero-order chi connectivity index (χ0) is 18.6. The molecule has 0 aliphatic carbocycles. The molecule has 5 heteroatoms. The molecule has 27 heavy (non-hydrogen) atoms. The van der Waals surface area contributed by atoms with E-state index in [1.807, 2.05) is 55.5 Å². The van der Waals surface area contributed by atoms with Crippen LogP contribution in [-0.4, -0.2) is 16.2 Å². The molecule has 0 amide bonds. The fraction of sp³-hybridized carbons (Fsp3) is 0.227. The standard InChI is InChI=1S/C22H21ClN2O2/c1-16-15-17(10-11-18(16)23)26-13-5-4-12-25-20-8-3-2-7-19(20)24-22(25)21-9-6-14-27-21/h2-3,6-11,14-15H,4-5,12-13H2,1H3. The summed E-state index contributed by atoms with van der Waals surface area (Å²) in [6.07, 6.45) is 3.62. The molecule has 0 bridgehead atoms. The number of imidazole rings is 1. The molecule has 2 aromatic heterocycles. The van der Waals surface area contributed by atoms with Crippen LogP contribution in [0.15, 0.2) is 65.3 Å². The van der Waals surface area contributed by atoms with Crippen LogP contribution in [-0.2, 0) is 6.54 Å². The largest absolute Gasteiger partial charge is 0.494 e. The minimum absolute atomic E-state index is 0.670. The molecule has 4 aromatic rings. The lowest BCUT2D eigenvalue weighted by atomic mass is 10.2. The van der Waals surface area contributed by atoms with Gasteiger partial charge in [-0.05, 0) is 67.8 Å². The first kappa shape index (κ1) is 17.7. The van der Waals surface area contributed by atoms with E-state index < -0.39 is 0 Å². The fourth-order valence-corrected chi connectivity index (χ4v) is 3.28. The van der Waals surface area contributed by atoms with Crippen LogP contribution in [0.4, 0.5) is 0 Å². The van der Waals surface area contributed by atoms with Crippen molar-refractivity contribution in [3.8, 4) is 17.3 Å². The van der Waals surface area contributed by atoms with Crippen molar-refractivity contribution >= 4 is 22.6 Å². The van der Waals surface area contributed by atoms with Crippen molar-refractivity contribution in [2.24, 2.45) is 0 Å². The predicted molar refractivity (Wildman–Crippen MR) is 108 cm³/mol. The lowest BCUT2D eigenvalue weighted by Crippen LogP contribution is -2.04. The Balaban J connectivity index is 1.41. The second-order valence-corrected chi connectivity index (χ2v) is 6.93. The smallest absolute Gasteiger partial charge is 0.177 e. The summed E-state index contributed by atoms with van der Waals surface area (Å²) in [5, 5.41) is 0.764. The highest BCUT2D eigenvalue weighted by atomic mass is 35.5. The monoisotopic (exact) mass is 380 g/mol. The van der Waals surface area contributed by atoms with Crippen LogP contribution in [0.1, 0.15) is 18.4 Å². The van der Waals surface area contributed by atoms with Crippen LogP contribution in [0.2, 0.25) is 5.02 Å². The molecule has 2 aromatic carbocycles. The molecule has 0 N–H and O–H groups in total. The zero-order valence-corrected chi connectivity index (χ0v) is 15.9. The third-order valence-electron chi connectivity index (χ3n) is 4.57. The van der Waals surface area contributed by atoms with E-state index in [1.54, 1.807) is 6.26 Å². The summed E-state index contributed by atoms with van der Waals surface area (Å²) in [4.78, 5) is 4.75. The molecular weight excluding hydrogens is 360 g/mol. The van der Waals surface area contributed by atoms with Crippen LogP contribution in [0.25, 0.3) is 22.6 Å². The van der Waals surface area contributed by atoms with E-state index in [-0.39, 0.29) is 0 Å². The molecule has 138 valence electrons. The molecule has 2 heterocycles. The number of hydrogen-bond acceptors (Lipinski definition) is 3. The maximum atomic E-state index is 6.05. The van der Waals surface area contributed by atoms with Gasteiger partial charge in [0.25, 0.3) is 0 Å². The summed E-state index contributed by atoms with van der Waals surface area (Å²) in [7, 11) is 0. The lowest BCUT2D eigenvalue weighted by molar-refractivity contribution is 0.303. The molecule has 0 aliphatic heterocycles. The number of aromatic nitrogens is 2. The van der Waals surface area contributed by atoms with Crippen molar-refractivity contribution in [2.45, 2.75) is 26.3 Å². The highest BCUT2D eigenvalue weighted by Crippen LogP contribution is 2.26. The average molecular weight is 381 g/mol. The van der Waals surface area contributed by atoms with Crippen molar-refractivity contribution in [2.75, 3.05) is 6.61 Å². The van der Waals surface area contributed by atoms with Crippen molar-refractivity contribution in [3.63, 3.8) is 0 Å². The molecule has 0 radical (unpaired) electrons. The highest BCUT2D eigenvalue weighted by molar-refractivity contribution is 6.31. The number of furan rings is 1. The van der Waals surface area contributed by atoms with Gasteiger partial charge in [0.05, 0.1) is 23.9 Å². The SMILES string of the molecule is Cc1cc(OCCCCn2c(-c3ccco3)nc3ccccc32)ccc1Cl. The van der Waals surface area contributed by atoms with Crippen molar-refractivity contribution in [3.05, 3.63) is 71.4 Å². The van der Waals surface area contributed by atoms with Gasteiger partial charge in [-0.1, -0.05) is 23.7 Å². The Morgan fingerprint density at radius 2 is 1.96 bits per heavy atom. The molecule has 0 fully saturated rings. The second-order valence-electron chi connectivity index (χ2n) is 6.52. The highest BCUT2D eigenvalue weighted by Gasteiger charge is 2.14. The minimum Gasteiger partial charge on any atom is -0.494 e. The Morgan fingerprint density at radius 3 is 2.78 bits per heavy atom. The van der Waals surface area contributed by atoms with Crippen LogP contribution in [0.3, 0.4) is 0 Å². The summed E-state index contributed by atoms with van der Waals surface area (Å²) < 4.78 is 13.6. The molecule has 0 atom stereocenters. The predicted octanol–water partition coefficient (Wildman–Crippen LogP) is 6.12. The number of rotatable bonds is 7. The van der Waals surface area contributed by atoms with Crippen LogP contribution >= 0.6 is 11.6 Å². The van der Waals surface area contributed by atoms with Gasteiger partial charge in [-0.2, -0.15) is 0 Å². The van der Waals surface area contributed by atoms with Crippen LogP contribution < -0.4 is 4.74 Å². The summed E-state index contributed by atoms with van der Waals surface area (Å²) >= 11 is 6.05. The molecule has 4 rings (SSSR count). The number of hydrogen-bond donors (Lipinski definition) is 0. The molecule has 0 saturated heterocycles. The molecule has 0 spiro atoms. The van der Waals surface area contributed by atoms with Gasteiger partial charge in [0.1, 0.15) is 5.75 Å². The maximum Gasteiger partial charge on any atom is 0.177 e. The summed E-state index contributed by atoms with van der Waals surface area (Å²) in [6.45, 7) is 3.51. The Bertz CT molecular complexity index is 1040. The number of nitrogens with zero attached hydrogens (tertiary/aromatic N) is 2. The Labute approximate surface area is 163 Å². The van der Waals surface area contributed by atoms with Gasteiger partial charge in [-0.3, -0.25) is 0 Å². The molecule has 0 saturated carbocycles. The van der Waals surface area contributed by atoms with Crippen molar-refractivity contribution in [1.82, 2.24) is 9.55 Å². The van der Waals surface area contributed by atoms with Gasteiger partial charge in [0.2, 0.25) is 0 Å². The number of halogens is 1. The first-order valence-electron chi connectivity index (χ1n) is 9.10. The Hall–Kier alpha value is -2.72. The van der Waals surface area contributed by atoms with Crippen LogP contribution in [0.5, 0.6) is 5.75 Å². The number of unbranched alkanes of at least 4 members (excludes halogenated alkanes) is 1. The number of benzene rings is 2. The number of ether oxygens (including phenoxy) is 1. The number of fused-ring (bicyclic) bond motifs is 1. The summed E-state index contributed by atoms with van der Waals surface area (Å²) in [6, 6.07) is 17.8. The van der Waals surface area contributed by atoms with Crippen LogP contribution in [0, 0.1) is 6.92 Å². The first-order chi connectivity index (χ1) is 13.2. The lowest BCUT2D eigenvalue weighted by Gasteiger charge is -2.10. The second kappa shape index (κ2) is 7.89. The summed E-state index contributed by atoms with van der Waals surface area (Å²) in [5.41, 5.74) is 3.14. The van der Waals surface area contributed by atoms with E-state index in [1.165, 1.54) is 0 Å². The van der Waals surface area contributed by atoms with E-state index in [0.717, 1.165) is 58.3 Å². The molecule has 4 nitrogen and oxygen atoms in total. The third-order valence-corrected chi connectivity index (χ3v) is 4.99. The van der Waals surface area contributed by atoms with Gasteiger partial charge < -0.3 is 13.7 Å². The molecular formula is C22H21ClN2O2. The fourth-order valence-electron chi connectivity index (χ4n) is 3.16. The van der Waals surface area contributed by atoms with Gasteiger partial charge in [0.15, 0.2) is 11.6 Å². The van der Waals surface area contributed by atoms with Gasteiger partial charge >= 0.3 is 0 Å². The maximum absolute atomic E-state index is 6.05. The van der Waals surface area contributed by atoms with Crippen molar-refractivity contribution in [1.29, 1.82) is 0 Å². The first-order valence-corrected chi connectivity index (χ1v) is 9.48. The Morgan fingerprint density at radius 1 is 1.07 bits per heavy atom. The Kier molecular flexibility index (Phi) is 5.16. The van der Waals surface area contributed by atoms with Crippen molar-refractivity contribution < 1.29 is 9.15 Å². The summed E-state index contributed by atoms with van der Waals surface area (Å²) in [5.74, 6) is 2.52. The molecule has 0 aliphatic rings. The quantitative estimate of drug-likeness (QED) is 0.363.